The minimum atomic E-state index is 0.617. The maximum Gasteiger partial charge on any atom is 0.138 e. The summed E-state index contributed by atoms with van der Waals surface area (Å²) in [6, 6.07) is 6.96. The van der Waals surface area contributed by atoms with Gasteiger partial charge in [-0.3, -0.25) is 4.40 Å². The molecule has 1 fully saturated rings. The van der Waals surface area contributed by atoms with E-state index in [4.69, 9.17) is 0 Å². The van der Waals surface area contributed by atoms with Crippen molar-refractivity contribution in [2.24, 2.45) is 5.92 Å². The van der Waals surface area contributed by atoms with E-state index in [1.54, 1.807) is 0 Å². The van der Waals surface area contributed by atoms with E-state index in [9.17, 15) is 0 Å². The number of hydrogen-bond donors (Lipinski definition) is 1. The molecule has 0 spiro atoms. The number of fused-ring (bicyclic) bond motifs is 1. The maximum absolute atomic E-state index is 4.36. The van der Waals surface area contributed by atoms with Crippen molar-refractivity contribution in [3.05, 3.63) is 30.6 Å². The molecule has 1 unspecified atom stereocenters. The van der Waals surface area contributed by atoms with Crippen LogP contribution in [-0.4, -0.2) is 35.6 Å². The van der Waals surface area contributed by atoms with Crippen LogP contribution in [0.4, 0.5) is 5.82 Å². The lowest BCUT2D eigenvalue weighted by molar-refractivity contribution is 0.322. The lowest BCUT2D eigenvalue weighted by atomic mass is 9.90. The molecule has 19 heavy (non-hydrogen) atoms. The fourth-order valence-corrected chi connectivity index (χ4v) is 3.05. The van der Waals surface area contributed by atoms with Crippen LogP contribution in [0.15, 0.2) is 30.6 Å². The number of rotatable bonds is 3. The van der Waals surface area contributed by atoms with Crippen LogP contribution >= 0.6 is 0 Å². The van der Waals surface area contributed by atoms with Crippen LogP contribution in [0.3, 0.4) is 0 Å². The number of hydrogen-bond acceptors (Lipinski definition) is 3. The summed E-state index contributed by atoms with van der Waals surface area (Å²) >= 11 is 0. The number of piperidine rings is 1. The monoisotopic (exact) mass is 258 g/mol. The van der Waals surface area contributed by atoms with Crippen LogP contribution < -0.4 is 10.2 Å². The lowest BCUT2D eigenvalue weighted by Crippen LogP contribution is -2.41. The summed E-state index contributed by atoms with van der Waals surface area (Å²) < 4.78 is 2.18. The second-order valence-electron chi connectivity index (χ2n) is 5.44. The Labute approximate surface area is 114 Å². The molecule has 102 valence electrons. The van der Waals surface area contributed by atoms with Crippen molar-refractivity contribution in [1.29, 1.82) is 0 Å². The van der Waals surface area contributed by atoms with Gasteiger partial charge in [0.05, 0.1) is 0 Å². The number of nitrogens with zero attached hydrogens (tertiary/aromatic N) is 3. The van der Waals surface area contributed by atoms with Crippen molar-refractivity contribution in [3.8, 4) is 0 Å². The first-order valence-electron chi connectivity index (χ1n) is 7.14. The molecule has 1 aliphatic heterocycles. The molecule has 2 aromatic rings. The molecule has 2 aromatic heterocycles. The van der Waals surface area contributed by atoms with Gasteiger partial charge in [0.1, 0.15) is 11.5 Å². The first kappa shape index (κ1) is 12.5. The zero-order valence-corrected chi connectivity index (χ0v) is 11.7. The largest absolute Gasteiger partial charge is 0.358 e. The summed E-state index contributed by atoms with van der Waals surface area (Å²) in [5.41, 5.74) is 1.03. The van der Waals surface area contributed by atoms with Crippen molar-refractivity contribution in [2.75, 3.05) is 25.0 Å². The number of pyridine rings is 1. The summed E-state index contributed by atoms with van der Waals surface area (Å²) in [5, 5.41) is 3.38. The van der Waals surface area contributed by atoms with Gasteiger partial charge < -0.3 is 10.2 Å². The Morgan fingerprint density at radius 3 is 2.84 bits per heavy atom. The van der Waals surface area contributed by atoms with Gasteiger partial charge in [-0.25, -0.2) is 4.98 Å². The first-order chi connectivity index (χ1) is 9.29. The predicted molar refractivity (Wildman–Crippen MR) is 78.7 cm³/mol. The van der Waals surface area contributed by atoms with Gasteiger partial charge in [0.2, 0.25) is 0 Å². The van der Waals surface area contributed by atoms with Crippen molar-refractivity contribution < 1.29 is 0 Å². The molecule has 4 heteroatoms. The molecule has 0 aromatic carbocycles. The number of anilines is 1. The van der Waals surface area contributed by atoms with Crippen molar-refractivity contribution in [3.63, 3.8) is 0 Å². The zero-order chi connectivity index (χ0) is 13.2. The molecule has 1 saturated heterocycles. The smallest absolute Gasteiger partial charge is 0.138 e. The summed E-state index contributed by atoms with van der Waals surface area (Å²) in [6.45, 7) is 4.55. The van der Waals surface area contributed by atoms with Gasteiger partial charge in [0, 0.05) is 31.5 Å². The van der Waals surface area contributed by atoms with Crippen molar-refractivity contribution in [1.82, 2.24) is 14.7 Å². The molecule has 0 aliphatic carbocycles. The van der Waals surface area contributed by atoms with E-state index in [-0.39, 0.29) is 0 Å². The first-order valence-corrected chi connectivity index (χ1v) is 7.14. The highest BCUT2D eigenvalue weighted by Gasteiger charge is 2.23. The minimum Gasteiger partial charge on any atom is -0.358 e. The summed E-state index contributed by atoms with van der Waals surface area (Å²) in [7, 11) is 2.06. The van der Waals surface area contributed by atoms with Crippen molar-refractivity contribution in [2.45, 2.75) is 25.8 Å². The SMILES string of the molecule is CNC(C)C1CCN(c2cccc3nccn23)CC1. The fourth-order valence-electron chi connectivity index (χ4n) is 3.05. The van der Waals surface area contributed by atoms with E-state index < -0.39 is 0 Å². The molecule has 0 radical (unpaired) electrons. The Kier molecular flexibility index (Phi) is 3.42. The van der Waals surface area contributed by atoms with Gasteiger partial charge in [-0.15, -0.1) is 0 Å². The lowest BCUT2D eigenvalue weighted by Gasteiger charge is -2.36. The Balaban J connectivity index is 1.76. The summed E-state index contributed by atoms with van der Waals surface area (Å²) in [5.74, 6) is 2.06. The average Bonchev–Trinajstić information content (AvgIpc) is 2.95. The topological polar surface area (TPSA) is 32.6 Å². The highest BCUT2D eigenvalue weighted by atomic mass is 15.2. The maximum atomic E-state index is 4.36. The van der Waals surface area contributed by atoms with E-state index in [1.165, 1.54) is 18.7 Å². The van der Waals surface area contributed by atoms with Crippen LogP contribution in [-0.2, 0) is 0 Å². The second kappa shape index (κ2) is 5.21. The molecule has 3 heterocycles. The predicted octanol–water partition coefficient (Wildman–Crippen LogP) is 2.16. The Morgan fingerprint density at radius 1 is 1.32 bits per heavy atom. The Hall–Kier alpha value is -1.55. The number of imidazole rings is 1. The van der Waals surface area contributed by atoms with Gasteiger partial charge in [0.15, 0.2) is 0 Å². The average molecular weight is 258 g/mol. The highest BCUT2D eigenvalue weighted by Crippen LogP contribution is 2.25. The molecule has 0 bridgehead atoms. The number of nitrogens with one attached hydrogen (secondary N) is 1. The number of aromatic nitrogens is 2. The quantitative estimate of drug-likeness (QED) is 0.915. The van der Waals surface area contributed by atoms with E-state index in [0.717, 1.165) is 24.7 Å². The second-order valence-corrected chi connectivity index (χ2v) is 5.44. The van der Waals surface area contributed by atoms with Gasteiger partial charge in [-0.05, 0) is 44.9 Å². The van der Waals surface area contributed by atoms with E-state index in [1.807, 2.05) is 12.4 Å². The highest BCUT2D eigenvalue weighted by molar-refractivity contribution is 5.51. The molecule has 4 nitrogen and oxygen atoms in total. The van der Waals surface area contributed by atoms with Crippen LogP contribution in [0.5, 0.6) is 0 Å². The van der Waals surface area contributed by atoms with E-state index >= 15 is 0 Å². The fraction of sp³-hybridized carbons (Fsp3) is 0.533. The van der Waals surface area contributed by atoms with Crippen LogP contribution in [0.1, 0.15) is 19.8 Å². The van der Waals surface area contributed by atoms with Gasteiger partial charge >= 0.3 is 0 Å². The molecule has 1 atom stereocenters. The van der Waals surface area contributed by atoms with Crippen LogP contribution in [0.2, 0.25) is 0 Å². The van der Waals surface area contributed by atoms with Gasteiger partial charge in [-0.2, -0.15) is 0 Å². The molecular weight excluding hydrogens is 236 g/mol. The zero-order valence-electron chi connectivity index (χ0n) is 11.7. The third-order valence-electron chi connectivity index (χ3n) is 4.43. The van der Waals surface area contributed by atoms with E-state index in [0.29, 0.717) is 6.04 Å². The van der Waals surface area contributed by atoms with Crippen LogP contribution in [0, 0.1) is 5.92 Å². The third-order valence-corrected chi connectivity index (χ3v) is 4.43. The molecule has 1 aliphatic rings. The van der Waals surface area contributed by atoms with Crippen LogP contribution in [0.25, 0.3) is 5.65 Å². The Morgan fingerprint density at radius 2 is 2.11 bits per heavy atom. The molecule has 1 N–H and O–H groups in total. The van der Waals surface area contributed by atoms with Gasteiger partial charge in [0.25, 0.3) is 0 Å². The standard InChI is InChI=1S/C15H22N4/c1-12(16-2)13-6-9-18(10-7-13)15-5-3-4-14-17-8-11-19(14)15/h3-5,8,11-13,16H,6-7,9-10H2,1-2H3. The summed E-state index contributed by atoms with van der Waals surface area (Å²) in [6.07, 6.45) is 6.43. The van der Waals surface area contributed by atoms with Gasteiger partial charge in [-0.1, -0.05) is 6.07 Å². The minimum absolute atomic E-state index is 0.617. The molecule has 0 amide bonds. The van der Waals surface area contributed by atoms with E-state index in [2.05, 4.69) is 51.8 Å². The molecule has 3 rings (SSSR count). The third kappa shape index (κ3) is 2.32. The molecule has 0 saturated carbocycles. The normalized spacial score (nSPS) is 18.9. The van der Waals surface area contributed by atoms with Crippen molar-refractivity contribution >= 4 is 11.5 Å². The molecular formula is C15H22N4. The Bertz CT molecular complexity index is 540. The summed E-state index contributed by atoms with van der Waals surface area (Å²) in [4.78, 5) is 6.84.